The highest BCUT2D eigenvalue weighted by Crippen LogP contribution is 2.53. The number of allylic oxidation sites excluding steroid dienone is 3. The summed E-state index contributed by atoms with van der Waals surface area (Å²) in [5.41, 5.74) is 2.77. The zero-order valence-corrected chi connectivity index (χ0v) is 17.4. The first-order chi connectivity index (χ1) is 12.7. The van der Waals surface area contributed by atoms with Crippen molar-refractivity contribution in [1.29, 1.82) is 0 Å². The molecule has 0 saturated heterocycles. The van der Waals surface area contributed by atoms with Crippen LogP contribution in [0.2, 0.25) is 0 Å². The molecule has 27 heavy (non-hydrogen) atoms. The van der Waals surface area contributed by atoms with Crippen LogP contribution in [0, 0.1) is 11.3 Å². The van der Waals surface area contributed by atoms with Crippen LogP contribution in [-0.4, -0.2) is 33.1 Å². The molecule has 3 saturated carbocycles. The van der Waals surface area contributed by atoms with Crippen LogP contribution in [0.1, 0.15) is 97.3 Å². The van der Waals surface area contributed by atoms with Gasteiger partial charge in [0, 0.05) is 0 Å². The maximum Gasteiger partial charge on any atom is 0.0602 e. The fourth-order valence-corrected chi connectivity index (χ4v) is 5.82. The Morgan fingerprint density at radius 1 is 1.07 bits per heavy atom. The Kier molecular flexibility index (Phi) is 6.87. The quantitative estimate of drug-likeness (QED) is 0.629. The van der Waals surface area contributed by atoms with Gasteiger partial charge in [0.1, 0.15) is 0 Å². The number of aliphatic hydroxyl groups is 3. The van der Waals surface area contributed by atoms with Gasteiger partial charge in [0.25, 0.3) is 0 Å². The SMILES string of the molecule is CC(C)(O)CCC[C@H]1CC[C@]2(CCCC(=CC=C3C[C@@H](O)C[C@H](O)C3)C2)C1. The second-order valence-corrected chi connectivity index (χ2v) is 10.4. The lowest BCUT2D eigenvalue weighted by atomic mass is 9.70. The fraction of sp³-hybridized carbons (Fsp3) is 0.833. The normalized spacial score (nSPS) is 36.6. The predicted molar refractivity (Wildman–Crippen MR) is 110 cm³/mol. The molecular weight excluding hydrogens is 336 g/mol. The standard InChI is InChI=1S/C24H40O3/c1-23(2,27)10-3-5-19-9-12-24(17-19)11-4-6-18(16-24)7-8-20-13-21(25)15-22(26)14-20/h7-8,19,21-22,25-27H,3-6,9-17H2,1-2H3/t19-,21+,22+,24-/m0/s1. The van der Waals surface area contributed by atoms with E-state index < -0.39 is 5.60 Å². The van der Waals surface area contributed by atoms with Gasteiger partial charge in [0.2, 0.25) is 0 Å². The van der Waals surface area contributed by atoms with Gasteiger partial charge >= 0.3 is 0 Å². The highest BCUT2D eigenvalue weighted by Gasteiger charge is 2.40. The molecule has 3 nitrogen and oxygen atoms in total. The smallest absolute Gasteiger partial charge is 0.0602 e. The highest BCUT2D eigenvalue weighted by molar-refractivity contribution is 5.22. The lowest BCUT2D eigenvalue weighted by Gasteiger charge is -2.35. The third kappa shape index (κ3) is 6.44. The number of rotatable bonds is 5. The van der Waals surface area contributed by atoms with E-state index in [0.717, 1.165) is 31.6 Å². The van der Waals surface area contributed by atoms with Crippen LogP contribution < -0.4 is 0 Å². The first-order valence-electron chi connectivity index (χ1n) is 11.2. The van der Waals surface area contributed by atoms with E-state index in [-0.39, 0.29) is 12.2 Å². The second kappa shape index (κ2) is 8.80. The summed E-state index contributed by atoms with van der Waals surface area (Å²) in [6, 6.07) is 0. The van der Waals surface area contributed by atoms with Crippen LogP contribution in [0.3, 0.4) is 0 Å². The minimum absolute atomic E-state index is 0.379. The first-order valence-corrected chi connectivity index (χ1v) is 11.2. The molecule has 0 aromatic heterocycles. The maximum atomic E-state index is 9.92. The van der Waals surface area contributed by atoms with Gasteiger partial charge in [-0.05, 0) is 95.8 Å². The van der Waals surface area contributed by atoms with Gasteiger partial charge in [-0.1, -0.05) is 36.1 Å². The average molecular weight is 377 g/mol. The largest absolute Gasteiger partial charge is 0.393 e. The van der Waals surface area contributed by atoms with Crippen molar-refractivity contribution in [1.82, 2.24) is 0 Å². The summed E-state index contributed by atoms with van der Waals surface area (Å²) in [7, 11) is 0. The predicted octanol–water partition coefficient (Wildman–Crippen LogP) is 5.05. The third-order valence-corrected chi connectivity index (χ3v) is 7.11. The first kappa shape index (κ1) is 21.1. The van der Waals surface area contributed by atoms with Crippen LogP contribution >= 0.6 is 0 Å². The molecular formula is C24H40O3. The Morgan fingerprint density at radius 3 is 2.48 bits per heavy atom. The Labute approximate surface area is 165 Å². The minimum atomic E-state index is -0.523. The van der Waals surface area contributed by atoms with E-state index in [0.29, 0.717) is 11.8 Å². The summed E-state index contributed by atoms with van der Waals surface area (Å²) in [5.74, 6) is 0.841. The van der Waals surface area contributed by atoms with Crippen LogP contribution in [-0.2, 0) is 0 Å². The van der Waals surface area contributed by atoms with Gasteiger partial charge in [0.05, 0.1) is 17.8 Å². The molecule has 3 aliphatic rings. The van der Waals surface area contributed by atoms with Crippen molar-refractivity contribution in [2.24, 2.45) is 11.3 Å². The summed E-state index contributed by atoms with van der Waals surface area (Å²) in [5, 5.41) is 29.7. The summed E-state index contributed by atoms with van der Waals surface area (Å²) in [6.07, 6.45) is 18.2. The Morgan fingerprint density at radius 2 is 1.78 bits per heavy atom. The molecule has 0 aromatic rings. The fourth-order valence-electron chi connectivity index (χ4n) is 5.82. The summed E-state index contributed by atoms with van der Waals surface area (Å²) >= 11 is 0. The molecule has 0 bridgehead atoms. The molecule has 1 spiro atoms. The van der Waals surface area contributed by atoms with Crippen molar-refractivity contribution >= 4 is 0 Å². The van der Waals surface area contributed by atoms with E-state index in [9.17, 15) is 15.3 Å². The molecule has 0 radical (unpaired) electrons. The van der Waals surface area contributed by atoms with E-state index in [4.69, 9.17) is 0 Å². The Bertz CT molecular complexity index is 544. The topological polar surface area (TPSA) is 60.7 Å². The van der Waals surface area contributed by atoms with Gasteiger partial charge in [-0.3, -0.25) is 0 Å². The van der Waals surface area contributed by atoms with Crippen molar-refractivity contribution in [3.8, 4) is 0 Å². The molecule has 3 heteroatoms. The molecule has 3 N–H and O–H groups in total. The lowest BCUT2D eigenvalue weighted by molar-refractivity contribution is 0.0608. The molecule has 0 amide bonds. The minimum Gasteiger partial charge on any atom is -0.393 e. The molecule has 154 valence electrons. The number of aliphatic hydroxyl groups excluding tert-OH is 2. The zero-order valence-electron chi connectivity index (χ0n) is 17.4. The van der Waals surface area contributed by atoms with Gasteiger partial charge in [0.15, 0.2) is 0 Å². The summed E-state index contributed by atoms with van der Waals surface area (Å²) in [6.45, 7) is 3.83. The van der Waals surface area contributed by atoms with Crippen molar-refractivity contribution in [2.75, 3.05) is 0 Å². The average Bonchev–Trinajstić information content (AvgIpc) is 2.93. The van der Waals surface area contributed by atoms with E-state index in [1.54, 1.807) is 5.57 Å². The summed E-state index contributed by atoms with van der Waals surface area (Å²) < 4.78 is 0. The van der Waals surface area contributed by atoms with Gasteiger partial charge in [-0.15, -0.1) is 0 Å². The Balaban J connectivity index is 1.53. The summed E-state index contributed by atoms with van der Waals surface area (Å²) in [4.78, 5) is 0. The molecule has 3 rings (SSSR count). The highest BCUT2D eigenvalue weighted by atomic mass is 16.3. The van der Waals surface area contributed by atoms with Crippen molar-refractivity contribution in [2.45, 2.75) is 115 Å². The van der Waals surface area contributed by atoms with E-state index >= 15 is 0 Å². The van der Waals surface area contributed by atoms with Crippen LogP contribution in [0.25, 0.3) is 0 Å². The molecule has 3 fully saturated rings. The second-order valence-electron chi connectivity index (χ2n) is 10.4. The Hall–Kier alpha value is -0.640. The van der Waals surface area contributed by atoms with Crippen molar-refractivity contribution in [3.05, 3.63) is 23.3 Å². The number of hydrogen-bond acceptors (Lipinski definition) is 3. The molecule has 4 atom stereocenters. The lowest BCUT2D eigenvalue weighted by Crippen LogP contribution is -2.24. The molecule has 0 aliphatic heterocycles. The molecule has 0 heterocycles. The van der Waals surface area contributed by atoms with E-state index in [1.807, 2.05) is 13.8 Å². The van der Waals surface area contributed by atoms with E-state index in [1.165, 1.54) is 56.9 Å². The van der Waals surface area contributed by atoms with Crippen LogP contribution in [0.15, 0.2) is 23.3 Å². The van der Waals surface area contributed by atoms with Crippen molar-refractivity contribution < 1.29 is 15.3 Å². The third-order valence-electron chi connectivity index (χ3n) is 7.11. The zero-order chi connectivity index (χ0) is 19.5. The van der Waals surface area contributed by atoms with Crippen LogP contribution in [0.4, 0.5) is 0 Å². The maximum absolute atomic E-state index is 9.92. The van der Waals surface area contributed by atoms with Gasteiger partial charge in [-0.2, -0.15) is 0 Å². The molecule has 0 aromatic carbocycles. The van der Waals surface area contributed by atoms with Crippen molar-refractivity contribution in [3.63, 3.8) is 0 Å². The molecule has 3 aliphatic carbocycles. The monoisotopic (exact) mass is 376 g/mol. The van der Waals surface area contributed by atoms with E-state index in [2.05, 4.69) is 12.2 Å². The molecule has 0 unspecified atom stereocenters. The number of hydrogen-bond donors (Lipinski definition) is 3. The van der Waals surface area contributed by atoms with Gasteiger partial charge < -0.3 is 15.3 Å². The van der Waals surface area contributed by atoms with Crippen LogP contribution in [0.5, 0.6) is 0 Å². The van der Waals surface area contributed by atoms with Gasteiger partial charge in [-0.25, -0.2) is 0 Å².